The second-order valence-corrected chi connectivity index (χ2v) is 8.91. The molecule has 2 aromatic rings. The molecule has 32 heavy (non-hydrogen) atoms. The molecule has 6 nitrogen and oxygen atoms in total. The highest BCUT2D eigenvalue weighted by Crippen LogP contribution is 2.38. The van der Waals surface area contributed by atoms with Gasteiger partial charge in [-0.25, -0.2) is 4.79 Å². The molecule has 3 rings (SSSR count). The lowest BCUT2D eigenvalue weighted by molar-refractivity contribution is 0.00578. The minimum atomic E-state index is -0.620. The molecule has 166 valence electrons. The van der Waals surface area contributed by atoms with Gasteiger partial charge in [0, 0.05) is 6.54 Å². The number of carbonyl (C=O) groups is 1. The van der Waals surface area contributed by atoms with Gasteiger partial charge in [-0.05, 0) is 62.8 Å². The summed E-state index contributed by atoms with van der Waals surface area (Å²) in [7, 11) is -0.620. The van der Waals surface area contributed by atoms with Crippen LogP contribution in [0.15, 0.2) is 54.0 Å². The normalized spacial score (nSPS) is 17.0. The van der Waals surface area contributed by atoms with Gasteiger partial charge in [0.15, 0.2) is 0 Å². The molecule has 1 amide bonds. The highest BCUT2D eigenvalue weighted by Gasteiger charge is 2.52. The first-order chi connectivity index (χ1) is 15.1. The van der Waals surface area contributed by atoms with Crippen molar-refractivity contribution in [3.8, 4) is 6.07 Å². The molecule has 0 spiro atoms. The zero-order valence-electron chi connectivity index (χ0n) is 19.3. The van der Waals surface area contributed by atoms with Crippen LogP contribution >= 0.6 is 0 Å². The largest absolute Gasteiger partial charge is 0.492 e. The Morgan fingerprint density at radius 3 is 2.38 bits per heavy atom. The summed E-state index contributed by atoms with van der Waals surface area (Å²) in [5.74, 6) is 0. The molecular formula is C25H29BN2O4. The molecule has 0 aliphatic carbocycles. The Balaban J connectivity index is 1.76. The van der Waals surface area contributed by atoms with Crippen molar-refractivity contribution in [2.45, 2.75) is 52.4 Å². The number of rotatable bonds is 6. The molecule has 1 N–H and O–H groups in total. The Morgan fingerprint density at radius 2 is 1.78 bits per heavy atom. The van der Waals surface area contributed by atoms with Gasteiger partial charge in [-0.1, -0.05) is 48.5 Å². The Bertz CT molecular complexity index is 1030. The number of hydrogen-bond acceptors (Lipinski definition) is 5. The van der Waals surface area contributed by atoms with Gasteiger partial charge in [0.25, 0.3) is 0 Å². The monoisotopic (exact) mass is 432 g/mol. The molecule has 2 aromatic carbocycles. The van der Waals surface area contributed by atoms with Crippen LogP contribution in [0.4, 0.5) is 4.79 Å². The molecule has 1 aliphatic rings. The number of carbonyl (C=O) groups excluding carboxylic acids is 1. The Morgan fingerprint density at radius 1 is 1.12 bits per heavy atom. The van der Waals surface area contributed by atoms with Crippen molar-refractivity contribution in [3.05, 3.63) is 76.3 Å². The van der Waals surface area contributed by atoms with Crippen molar-refractivity contribution in [2.24, 2.45) is 0 Å². The molecule has 1 saturated heterocycles. The molecule has 0 saturated carbocycles. The Labute approximate surface area is 190 Å². The predicted molar refractivity (Wildman–Crippen MR) is 125 cm³/mol. The first-order valence-corrected chi connectivity index (χ1v) is 10.6. The van der Waals surface area contributed by atoms with Gasteiger partial charge in [-0.3, -0.25) is 0 Å². The molecule has 1 fully saturated rings. The van der Waals surface area contributed by atoms with E-state index in [0.29, 0.717) is 5.56 Å². The van der Waals surface area contributed by atoms with Gasteiger partial charge in [-0.15, -0.1) is 0 Å². The van der Waals surface area contributed by atoms with E-state index in [1.54, 1.807) is 6.07 Å². The van der Waals surface area contributed by atoms with E-state index >= 15 is 0 Å². The van der Waals surface area contributed by atoms with Crippen molar-refractivity contribution < 1.29 is 18.8 Å². The summed E-state index contributed by atoms with van der Waals surface area (Å²) in [6, 6.07) is 17.3. The van der Waals surface area contributed by atoms with Crippen molar-refractivity contribution in [1.29, 1.82) is 5.26 Å². The second-order valence-electron chi connectivity index (χ2n) is 8.91. The Hall–Kier alpha value is -3.08. The van der Waals surface area contributed by atoms with Gasteiger partial charge in [-0.2, -0.15) is 5.26 Å². The van der Waals surface area contributed by atoms with Crippen molar-refractivity contribution in [3.63, 3.8) is 0 Å². The first-order valence-electron chi connectivity index (χ1n) is 10.6. The summed E-state index contributed by atoms with van der Waals surface area (Å²) >= 11 is 0. The van der Waals surface area contributed by atoms with E-state index in [0.717, 1.165) is 22.2 Å². The van der Waals surface area contributed by atoms with Crippen molar-refractivity contribution >= 4 is 19.3 Å². The Kier molecular flexibility index (Phi) is 7.07. The maximum Gasteiger partial charge on any atom is 0.492 e. The second kappa shape index (κ2) is 9.60. The highest BCUT2D eigenvalue weighted by atomic mass is 16.7. The van der Waals surface area contributed by atoms with E-state index in [1.807, 2.05) is 83.2 Å². The molecule has 0 unspecified atom stereocenters. The number of benzene rings is 2. The molecular weight excluding hydrogens is 403 g/mol. The fourth-order valence-electron chi connectivity index (χ4n) is 3.26. The lowest BCUT2D eigenvalue weighted by atomic mass is 9.77. The summed E-state index contributed by atoms with van der Waals surface area (Å²) in [5, 5.41) is 12.0. The van der Waals surface area contributed by atoms with Gasteiger partial charge >= 0.3 is 13.2 Å². The van der Waals surface area contributed by atoms with Crippen LogP contribution in [0, 0.1) is 18.3 Å². The van der Waals surface area contributed by atoms with Crippen LogP contribution in [-0.4, -0.2) is 31.0 Å². The average Bonchev–Trinajstić information content (AvgIpc) is 2.97. The molecule has 0 radical (unpaired) electrons. The number of nitriles is 1. The number of hydrogen-bond donors (Lipinski definition) is 1. The fraction of sp³-hybridized carbons (Fsp3) is 0.360. The van der Waals surface area contributed by atoms with Gasteiger partial charge in [0.1, 0.15) is 6.61 Å². The zero-order valence-corrected chi connectivity index (χ0v) is 19.3. The van der Waals surface area contributed by atoms with E-state index in [9.17, 15) is 10.1 Å². The smallest absolute Gasteiger partial charge is 0.445 e. The van der Waals surface area contributed by atoms with Crippen LogP contribution in [0.2, 0.25) is 0 Å². The van der Waals surface area contributed by atoms with E-state index in [1.165, 1.54) is 0 Å². The SMILES string of the molecule is Cc1cc(C=C(CNC(=O)OCc2ccccc2)B2OC(C)(C)C(C)(C)O2)ccc1C#N. The van der Waals surface area contributed by atoms with Gasteiger partial charge in [0.05, 0.1) is 22.8 Å². The van der Waals surface area contributed by atoms with Crippen LogP contribution in [0.5, 0.6) is 0 Å². The highest BCUT2D eigenvalue weighted by molar-refractivity contribution is 6.56. The predicted octanol–water partition coefficient (Wildman–Crippen LogP) is 4.81. The maximum atomic E-state index is 12.3. The number of nitrogens with one attached hydrogen (secondary N) is 1. The molecule has 0 atom stereocenters. The van der Waals surface area contributed by atoms with Crippen LogP contribution in [0.25, 0.3) is 6.08 Å². The van der Waals surface area contributed by atoms with E-state index in [4.69, 9.17) is 14.0 Å². The van der Waals surface area contributed by atoms with E-state index < -0.39 is 24.4 Å². The number of ether oxygens (including phenoxy) is 1. The van der Waals surface area contributed by atoms with E-state index in [-0.39, 0.29) is 13.2 Å². The number of alkyl carbamates (subject to hydrolysis) is 1. The van der Waals surface area contributed by atoms with Crippen LogP contribution in [0.3, 0.4) is 0 Å². The van der Waals surface area contributed by atoms with Crippen LogP contribution in [-0.2, 0) is 20.7 Å². The topological polar surface area (TPSA) is 80.6 Å². The standard InChI is InChI=1S/C25H29BN2O4/c1-18-13-20(11-12-21(18)15-27)14-22(26-31-24(2,3)25(4,5)32-26)16-28-23(29)30-17-19-9-7-6-8-10-19/h6-14H,16-17H2,1-5H3,(H,28,29). The van der Waals surface area contributed by atoms with Crippen molar-refractivity contribution in [2.75, 3.05) is 6.54 Å². The summed E-state index contributed by atoms with van der Waals surface area (Å²) < 4.78 is 17.7. The van der Waals surface area contributed by atoms with Gasteiger partial charge in [0.2, 0.25) is 0 Å². The zero-order chi connectivity index (χ0) is 23.4. The molecule has 0 bridgehead atoms. The molecule has 1 heterocycles. The third kappa shape index (κ3) is 5.58. The molecule has 7 heteroatoms. The van der Waals surface area contributed by atoms with E-state index in [2.05, 4.69) is 11.4 Å². The minimum absolute atomic E-state index is 0.191. The average molecular weight is 432 g/mol. The summed E-state index contributed by atoms with van der Waals surface area (Å²) in [6.07, 6.45) is 1.40. The lowest BCUT2D eigenvalue weighted by Gasteiger charge is -2.32. The van der Waals surface area contributed by atoms with Crippen LogP contribution in [0.1, 0.15) is 49.9 Å². The molecule has 0 aromatic heterocycles. The number of aryl methyl sites for hydroxylation is 1. The maximum absolute atomic E-state index is 12.3. The van der Waals surface area contributed by atoms with Crippen molar-refractivity contribution in [1.82, 2.24) is 5.32 Å². The number of amides is 1. The summed E-state index contributed by atoms with van der Waals surface area (Å²) in [5.41, 5.74) is 3.05. The summed E-state index contributed by atoms with van der Waals surface area (Å²) in [4.78, 5) is 12.3. The third-order valence-electron chi connectivity index (χ3n) is 5.93. The van der Waals surface area contributed by atoms with Crippen LogP contribution < -0.4 is 5.32 Å². The van der Waals surface area contributed by atoms with Gasteiger partial charge < -0.3 is 19.4 Å². The molecule has 1 aliphatic heterocycles. The quantitative estimate of drug-likeness (QED) is 0.663. The number of nitrogens with zero attached hydrogens (tertiary/aromatic N) is 1. The minimum Gasteiger partial charge on any atom is -0.445 e. The third-order valence-corrected chi connectivity index (χ3v) is 5.93. The first kappa shape index (κ1) is 23.6. The fourth-order valence-corrected chi connectivity index (χ4v) is 3.26. The summed E-state index contributed by atoms with van der Waals surface area (Å²) in [6.45, 7) is 10.2. The lowest BCUT2D eigenvalue weighted by Crippen LogP contribution is -2.41.